The summed E-state index contributed by atoms with van der Waals surface area (Å²) in [6.45, 7) is 0. The number of hydrogen-bond acceptors (Lipinski definition) is 5. The zero-order valence-corrected chi connectivity index (χ0v) is 9.49. The van der Waals surface area contributed by atoms with Crippen molar-refractivity contribution in [3.05, 3.63) is 58.4 Å². The van der Waals surface area contributed by atoms with Crippen LogP contribution in [0.1, 0.15) is 20.7 Å². The van der Waals surface area contributed by atoms with Crippen LogP contribution in [0.15, 0.2) is 46.1 Å². The van der Waals surface area contributed by atoms with E-state index in [1.165, 1.54) is 24.5 Å². The highest BCUT2D eigenvalue weighted by Crippen LogP contribution is 2.14. The number of carboxylic acid groups (broad SMARTS) is 1. The maximum Gasteiger partial charge on any atom is 0.337 e. The van der Waals surface area contributed by atoms with Gasteiger partial charge in [-0.25, -0.2) is 9.59 Å². The lowest BCUT2D eigenvalue weighted by atomic mass is 10.2. The van der Waals surface area contributed by atoms with Gasteiger partial charge in [-0.05, 0) is 12.1 Å². The topological polar surface area (TPSA) is 110 Å². The van der Waals surface area contributed by atoms with E-state index in [-0.39, 0.29) is 16.8 Å². The second-order valence-electron chi connectivity index (χ2n) is 3.52. The zero-order chi connectivity index (χ0) is 13.8. The fraction of sp³-hybridized carbons (Fsp3) is 0. The SMILES string of the molecule is O=C(Nc1cnccc1C(=O)O)c1ccc(=O)oc1. The average Bonchev–Trinajstić information content (AvgIpc) is 2.39. The quantitative estimate of drug-likeness (QED) is 0.851. The van der Waals surface area contributed by atoms with Crippen molar-refractivity contribution in [2.75, 3.05) is 5.32 Å². The Morgan fingerprint density at radius 1 is 1.26 bits per heavy atom. The molecule has 2 rings (SSSR count). The summed E-state index contributed by atoms with van der Waals surface area (Å²) in [7, 11) is 0. The molecule has 2 aromatic rings. The van der Waals surface area contributed by atoms with Gasteiger partial charge in [0.15, 0.2) is 0 Å². The predicted octanol–water partition coefficient (Wildman–Crippen LogP) is 0.985. The van der Waals surface area contributed by atoms with Gasteiger partial charge in [0.1, 0.15) is 6.26 Å². The number of amides is 1. The molecule has 7 heteroatoms. The number of nitrogens with one attached hydrogen (secondary N) is 1. The summed E-state index contributed by atoms with van der Waals surface area (Å²) in [4.78, 5) is 37.2. The summed E-state index contributed by atoms with van der Waals surface area (Å²) in [5.74, 6) is -1.78. The maximum absolute atomic E-state index is 11.8. The minimum Gasteiger partial charge on any atom is -0.478 e. The maximum atomic E-state index is 11.8. The molecular weight excluding hydrogens is 252 g/mol. The molecule has 0 atom stereocenters. The van der Waals surface area contributed by atoms with Gasteiger partial charge in [-0.15, -0.1) is 0 Å². The molecule has 7 nitrogen and oxygen atoms in total. The van der Waals surface area contributed by atoms with Gasteiger partial charge in [0.2, 0.25) is 0 Å². The summed E-state index contributed by atoms with van der Waals surface area (Å²) in [5, 5.41) is 11.3. The van der Waals surface area contributed by atoms with E-state index in [9.17, 15) is 14.4 Å². The van der Waals surface area contributed by atoms with Gasteiger partial charge in [-0.1, -0.05) is 0 Å². The third-order valence-electron chi connectivity index (χ3n) is 2.26. The van der Waals surface area contributed by atoms with Crippen LogP contribution in [0, 0.1) is 0 Å². The molecule has 0 saturated carbocycles. The molecule has 0 aliphatic heterocycles. The number of carbonyl (C=O) groups excluding carboxylic acids is 1. The lowest BCUT2D eigenvalue weighted by Crippen LogP contribution is -2.15. The Bertz CT molecular complexity index is 672. The molecule has 0 radical (unpaired) electrons. The Labute approximate surface area is 106 Å². The number of nitrogens with zero attached hydrogens (tertiary/aromatic N) is 1. The van der Waals surface area contributed by atoms with Crippen molar-refractivity contribution in [1.29, 1.82) is 0 Å². The molecule has 2 heterocycles. The zero-order valence-electron chi connectivity index (χ0n) is 9.49. The highest BCUT2D eigenvalue weighted by atomic mass is 16.4. The number of rotatable bonds is 3. The fourth-order valence-corrected chi connectivity index (χ4v) is 1.36. The smallest absolute Gasteiger partial charge is 0.337 e. The van der Waals surface area contributed by atoms with Crippen LogP contribution in [0.3, 0.4) is 0 Å². The van der Waals surface area contributed by atoms with Crippen LogP contribution in [-0.2, 0) is 0 Å². The van der Waals surface area contributed by atoms with Crippen LogP contribution in [0.4, 0.5) is 5.69 Å². The lowest BCUT2D eigenvalue weighted by Gasteiger charge is -2.06. The monoisotopic (exact) mass is 260 g/mol. The number of aromatic nitrogens is 1. The first-order valence-electron chi connectivity index (χ1n) is 5.15. The van der Waals surface area contributed by atoms with Crippen LogP contribution in [-0.4, -0.2) is 22.0 Å². The van der Waals surface area contributed by atoms with Crippen molar-refractivity contribution in [2.45, 2.75) is 0 Å². The van der Waals surface area contributed by atoms with Gasteiger partial charge in [0.05, 0.1) is 23.0 Å². The van der Waals surface area contributed by atoms with E-state index in [1.807, 2.05) is 0 Å². The standard InChI is InChI=1S/C12H8N2O5/c15-10-2-1-7(6-19-10)11(16)14-9-5-13-4-3-8(9)12(17)18/h1-6H,(H,14,16)(H,17,18). The highest BCUT2D eigenvalue weighted by molar-refractivity contribution is 6.07. The molecule has 19 heavy (non-hydrogen) atoms. The molecule has 0 spiro atoms. The van der Waals surface area contributed by atoms with Gasteiger partial charge in [0.25, 0.3) is 5.91 Å². The third-order valence-corrected chi connectivity index (χ3v) is 2.26. The molecule has 96 valence electrons. The van der Waals surface area contributed by atoms with E-state index in [2.05, 4.69) is 14.7 Å². The summed E-state index contributed by atoms with van der Waals surface area (Å²) in [6, 6.07) is 3.64. The first-order valence-corrected chi connectivity index (χ1v) is 5.15. The van der Waals surface area contributed by atoms with Crippen LogP contribution >= 0.6 is 0 Å². The third kappa shape index (κ3) is 2.83. The molecule has 1 amide bonds. The fourth-order valence-electron chi connectivity index (χ4n) is 1.36. The number of carboxylic acids is 1. The number of hydrogen-bond donors (Lipinski definition) is 2. The van der Waals surface area contributed by atoms with Crippen LogP contribution in [0.5, 0.6) is 0 Å². The highest BCUT2D eigenvalue weighted by Gasteiger charge is 2.13. The van der Waals surface area contributed by atoms with Crippen molar-refractivity contribution in [1.82, 2.24) is 4.98 Å². The van der Waals surface area contributed by atoms with E-state index in [4.69, 9.17) is 5.11 Å². The largest absolute Gasteiger partial charge is 0.478 e. The molecule has 0 unspecified atom stereocenters. The van der Waals surface area contributed by atoms with Crippen LogP contribution in [0.25, 0.3) is 0 Å². The molecule has 0 aromatic carbocycles. The van der Waals surface area contributed by atoms with Gasteiger partial charge < -0.3 is 14.8 Å². The summed E-state index contributed by atoms with van der Waals surface area (Å²) in [6.07, 6.45) is 3.52. The number of anilines is 1. The second kappa shape index (κ2) is 5.13. The molecule has 0 bridgehead atoms. The summed E-state index contributed by atoms with van der Waals surface area (Å²) in [5.41, 5.74) is -0.504. The van der Waals surface area contributed by atoms with Crippen molar-refractivity contribution in [3.8, 4) is 0 Å². The average molecular weight is 260 g/mol. The number of carbonyl (C=O) groups is 2. The Kier molecular flexibility index (Phi) is 3.37. The van der Waals surface area contributed by atoms with Crippen LogP contribution in [0.2, 0.25) is 0 Å². The first kappa shape index (κ1) is 12.5. The van der Waals surface area contributed by atoms with Crippen molar-refractivity contribution in [3.63, 3.8) is 0 Å². The molecule has 0 aliphatic rings. The van der Waals surface area contributed by atoms with E-state index < -0.39 is 17.5 Å². The summed E-state index contributed by atoms with van der Waals surface area (Å²) < 4.78 is 4.55. The van der Waals surface area contributed by atoms with E-state index in [1.54, 1.807) is 0 Å². The van der Waals surface area contributed by atoms with Crippen molar-refractivity contribution in [2.24, 2.45) is 0 Å². The number of aromatic carboxylic acids is 1. The second-order valence-corrected chi connectivity index (χ2v) is 3.52. The molecular formula is C12H8N2O5. The van der Waals surface area contributed by atoms with Crippen LogP contribution < -0.4 is 10.9 Å². The Balaban J connectivity index is 2.26. The predicted molar refractivity (Wildman–Crippen MR) is 64.1 cm³/mol. The minimum absolute atomic E-state index is 0.0613. The first-order chi connectivity index (χ1) is 9.08. The van der Waals surface area contributed by atoms with Crippen molar-refractivity contribution < 1.29 is 19.1 Å². The molecule has 2 N–H and O–H groups in total. The molecule has 0 aliphatic carbocycles. The van der Waals surface area contributed by atoms with Crippen molar-refractivity contribution >= 4 is 17.6 Å². The Morgan fingerprint density at radius 2 is 2.05 bits per heavy atom. The van der Waals surface area contributed by atoms with E-state index in [0.29, 0.717) is 0 Å². The summed E-state index contributed by atoms with van der Waals surface area (Å²) >= 11 is 0. The Hall–Kier alpha value is -2.96. The lowest BCUT2D eigenvalue weighted by molar-refractivity contribution is 0.0698. The van der Waals surface area contributed by atoms with E-state index in [0.717, 1.165) is 12.3 Å². The molecule has 0 fully saturated rings. The number of pyridine rings is 1. The minimum atomic E-state index is -1.18. The van der Waals surface area contributed by atoms with Gasteiger partial charge >= 0.3 is 11.6 Å². The van der Waals surface area contributed by atoms with Gasteiger partial charge in [-0.2, -0.15) is 0 Å². The normalized spacial score (nSPS) is 9.89. The van der Waals surface area contributed by atoms with E-state index >= 15 is 0 Å². The molecule has 0 saturated heterocycles. The van der Waals surface area contributed by atoms with Gasteiger partial charge in [-0.3, -0.25) is 9.78 Å². The van der Waals surface area contributed by atoms with Gasteiger partial charge in [0, 0.05) is 12.3 Å². The Morgan fingerprint density at radius 3 is 2.68 bits per heavy atom. The molecule has 2 aromatic heterocycles.